The zero-order valence-electron chi connectivity index (χ0n) is 19.4. The number of carboxylic acids is 1. The molecule has 2 N–H and O–H groups in total. The van der Waals surface area contributed by atoms with E-state index in [1.807, 2.05) is 12.1 Å². The van der Waals surface area contributed by atoms with Gasteiger partial charge in [-0.1, -0.05) is 12.1 Å². The topological polar surface area (TPSA) is 97.2 Å². The molecule has 7 nitrogen and oxygen atoms in total. The van der Waals surface area contributed by atoms with Crippen LogP contribution < -0.4 is 14.8 Å². The highest BCUT2D eigenvalue weighted by Crippen LogP contribution is 2.47. The quantitative estimate of drug-likeness (QED) is 0.689. The van der Waals surface area contributed by atoms with Crippen molar-refractivity contribution in [3.63, 3.8) is 0 Å². The van der Waals surface area contributed by atoms with Gasteiger partial charge >= 0.3 is 5.97 Å². The van der Waals surface area contributed by atoms with Crippen molar-refractivity contribution in [3.8, 4) is 11.5 Å². The van der Waals surface area contributed by atoms with Crippen LogP contribution >= 0.6 is 12.4 Å². The van der Waals surface area contributed by atoms with Crippen molar-refractivity contribution in [3.05, 3.63) is 58.1 Å². The lowest BCUT2D eigenvalue weighted by Crippen LogP contribution is -2.31. The summed E-state index contributed by atoms with van der Waals surface area (Å²) in [5.74, 6) is -0.0503. The van der Waals surface area contributed by atoms with Crippen molar-refractivity contribution in [2.24, 2.45) is 4.99 Å². The van der Waals surface area contributed by atoms with Gasteiger partial charge in [0.25, 0.3) is 5.91 Å². The molecule has 0 fully saturated rings. The van der Waals surface area contributed by atoms with Gasteiger partial charge in [0, 0.05) is 28.7 Å². The Labute approximate surface area is 199 Å². The van der Waals surface area contributed by atoms with Crippen LogP contribution in [0.5, 0.6) is 11.5 Å². The molecule has 0 bridgehead atoms. The Morgan fingerprint density at radius 3 is 2.58 bits per heavy atom. The lowest BCUT2D eigenvalue weighted by atomic mass is 9.80. The van der Waals surface area contributed by atoms with Gasteiger partial charge in [-0.2, -0.15) is 0 Å². The molecular formula is C25H29ClN2O5. The molecule has 176 valence electrons. The number of rotatable bonds is 5. The summed E-state index contributed by atoms with van der Waals surface area (Å²) in [7, 11) is 1.65. The van der Waals surface area contributed by atoms with Gasteiger partial charge in [-0.25, -0.2) is 0 Å². The molecule has 33 heavy (non-hydrogen) atoms. The number of carboxylic acid groups (broad SMARTS) is 1. The first-order valence-corrected chi connectivity index (χ1v) is 10.6. The van der Waals surface area contributed by atoms with E-state index in [0.717, 1.165) is 52.3 Å². The zero-order valence-corrected chi connectivity index (χ0v) is 20.3. The molecule has 0 spiro atoms. The van der Waals surface area contributed by atoms with Crippen LogP contribution in [0, 0.1) is 0 Å². The average molecular weight is 473 g/mol. The fourth-order valence-corrected chi connectivity index (χ4v) is 4.50. The number of carbonyl (C=O) groups excluding carboxylic acids is 1. The molecule has 8 heteroatoms. The number of nitrogens with one attached hydrogen (secondary N) is 1. The Balaban J connectivity index is 0.00000306. The normalized spacial score (nSPS) is 16.9. The van der Waals surface area contributed by atoms with E-state index < -0.39 is 18.4 Å². The van der Waals surface area contributed by atoms with E-state index in [0.29, 0.717) is 5.56 Å². The standard InChI is InChI=1S/C25H28N2O5.ClH/c1-24(2)11-16-10-18(31-5)22-17(12-25(3,4)32-22)20(16)21(27-24)14-7-6-8-15(9-14)23(30)26-13-19(28)29;/h6-10H,11-13H2,1-5H3,(H,26,30)(H,28,29);1H. The third-order valence-corrected chi connectivity index (χ3v) is 5.70. The van der Waals surface area contributed by atoms with Crippen molar-refractivity contribution >= 4 is 30.0 Å². The number of aliphatic carboxylic acids is 1. The Hall–Kier alpha value is -3.06. The Morgan fingerprint density at radius 1 is 1.18 bits per heavy atom. The first-order chi connectivity index (χ1) is 15.0. The number of methoxy groups -OCH3 is 1. The molecule has 0 saturated heterocycles. The number of hydrogen-bond acceptors (Lipinski definition) is 5. The minimum atomic E-state index is -1.09. The number of nitrogens with zero attached hydrogens (tertiary/aromatic N) is 1. The first kappa shape index (κ1) is 24.6. The Morgan fingerprint density at radius 2 is 1.91 bits per heavy atom. The minimum absolute atomic E-state index is 0. The third kappa shape index (κ3) is 4.83. The van der Waals surface area contributed by atoms with Crippen LogP contribution in [-0.2, 0) is 17.6 Å². The number of ether oxygens (including phenoxy) is 2. The SMILES string of the molecule is COc1cc2c(c3c1OC(C)(C)C3)C(c1cccc(C(=O)NCC(=O)O)c1)=NC(C)(C)C2.Cl. The number of amides is 1. The number of halogens is 1. The van der Waals surface area contributed by atoms with Gasteiger partial charge in [-0.05, 0) is 57.9 Å². The predicted octanol–water partition coefficient (Wildman–Crippen LogP) is 3.82. The van der Waals surface area contributed by atoms with Crippen LogP contribution in [0.4, 0.5) is 0 Å². The third-order valence-electron chi connectivity index (χ3n) is 5.70. The lowest BCUT2D eigenvalue weighted by Gasteiger charge is -2.31. The largest absolute Gasteiger partial charge is 0.493 e. The number of aliphatic imine (C=N–C) groups is 1. The molecular weight excluding hydrogens is 444 g/mol. The molecule has 2 aliphatic heterocycles. The predicted molar refractivity (Wildman–Crippen MR) is 128 cm³/mol. The highest BCUT2D eigenvalue weighted by Gasteiger charge is 2.39. The first-order valence-electron chi connectivity index (χ1n) is 10.6. The van der Waals surface area contributed by atoms with Gasteiger partial charge in [-0.3, -0.25) is 14.6 Å². The molecule has 1 amide bonds. The van der Waals surface area contributed by atoms with Gasteiger partial charge in [-0.15, -0.1) is 12.4 Å². The molecule has 2 aromatic carbocycles. The Bertz CT molecular complexity index is 1150. The molecule has 0 aromatic heterocycles. The van der Waals surface area contributed by atoms with Crippen molar-refractivity contribution in [1.29, 1.82) is 0 Å². The molecule has 2 heterocycles. The summed E-state index contributed by atoms with van der Waals surface area (Å²) in [6.45, 7) is 7.84. The number of hydrogen-bond donors (Lipinski definition) is 2. The van der Waals surface area contributed by atoms with Crippen molar-refractivity contribution in [2.75, 3.05) is 13.7 Å². The van der Waals surface area contributed by atoms with Crippen LogP contribution in [0.3, 0.4) is 0 Å². The summed E-state index contributed by atoms with van der Waals surface area (Å²) >= 11 is 0. The number of benzene rings is 2. The molecule has 2 aromatic rings. The summed E-state index contributed by atoms with van der Waals surface area (Å²) in [6.07, 6.45) is 1.48. The van der Waals surface area contributed by atoms with E-state index in [-0.39, 0.29) is 23.5 Å². The molecule has 0 aliphatic carbocycles. The zero-order chi connectivity index (χ0) is 23.3. The van der Waals surface area contributed by atoms with E-state index in [4.69, 9.17) is 19.6 Å². The number of fused-ring (bicyclic) bond motifs is 3. The summed E-state index contributed by atoms with van der Waals surface area (Å²) < 4.78 is 11.9. The van der Waals surface area contributed by atoms with E-state index in [1.165, 1.54) is 0 Å². The van der Waals surface area contributed by atoms with Crippen LogP contribution in [0.25, 0.3) is 0 Å². The molecule has 0 saturated carbocycles. The van der Waals surface area contributed by atoms with Crippen molar-refractivity contribution in [2.45, 2.75) is 51.7 Å². The van der Waals surface area contributed by atoms with Crippen LogP contribution in [-0.4, -0.2) is 47.5 Å². The lowest BCUT2D eigenvalue weighted by molar-refractivity contribution is -0.135. The van der Waals surface area contributed by atoms with E-state index >= 15 is 0 Å². The minimum Gasteiger partial charge on any atom is -0.493 e. The smallest absolute Gasteiger partial charge is 0.322 e. The summed E-state index contributed by atoms with van der Waals surface area (Å²) in [5.41, 5.74) is 4.55. The van der Waals surface area contributed by atoms with Gasteiger partial charge < -0.3 is 19.9 Å². The van der Waals surface area contributed by atoms with Crippen molar-refractivity contribution in [1.82, 2.24) is 5.32 Å². The van der Waals surface area contributed by atoms with Crippen molar-refractivity contribution < 1.29 is 24.2 Å². The monoisotopic (exact) mass is 472 g/mol. The van der Waals surface area contributed by atoms with E-state index in [1.54, 1.807) is 25.3 Å². The van der Waals surface area contributed by atoms with Crippen LogP contribution in [0.15, 0.2) is 35.3 Å². The van der Waals surface area contributed by atoms with E-state index in [2.05, 4.69) is 33.0 Å². The average Bonchev–Trinajstić information content (AvgIpc) is 3.04. The maximum atomic E-state index is 12.5. The fourth-order valence-electron chi connectivity index (χ4n) is 4.50. The fraction of sp³-hybridized carbons (Fsp3) is 0.400. The van der Waals surface area contributed by atoms with Gasteiger partial charge in [0.05, 0.1) is 18.4 Å². The maximum absolute atomic E-state index is 12.5. The Kier molecular flexibility index (Phi) is 6.48. The second-order valence-electron chi connectivity index (χ2n) is 9.57. The number of carbonyl (C=O) groups is 2. The highest BCUT2D eigenvalue weighted by molar-refractivity contribution is 6.16. The highest BCUT2D eigenvalue weighted by atomic mass is 35.5. The second kappa shape index (κ2) is 8.71. The molecule has 2 aliphatic rings. The van der Waals surface area contributed by atoms with Crippen LogP contribution in [0.2, 0.25) is 0 Å². The van der Waals surface area contributed by atoms with Gasteiger partial charge in [0.2, 0.25) is 0 Å². The maximum Gasteiger partial charge on any atom is 0.322 e. The van der Waals surface area contributed by atoms with Gasteiger partial charge in [0.1, 0.15) is 12.1 Å². The molecule has 4 rings (SSSR count). The van der Waals surface area contributed by atoms with Crippen LogP contribution in [0.1, 0.15) is 60.3 Å². The molecule has 0 atom stereocenters. The second-order valence-corrected chi connectivity index (χ2v) is 9.57. The molecule has 0 unspecified atom stereocenters. The summed E-state index contributed by atoms with van der Waals surface area (Å²) in [4.78, 5) is 28.4. The summed E-state index contributed by atoms with van der Waals surface area (Å²) in [5, 5.41) is 11.3. The summed E-state index contributed by atoms with van der Waals surface area (Å²) in [6, 6.07) is 9.18. The van der Waals surface area contributed by atoms with E-state index in [9.17, 15) is 9.59 Å². The molecule has 0 radical (unpaired) electrons. The van der Waals surface area contributed by atoms with Gasteiger partial charge in [0.15, 0.2) is 11.5 Å².